The number of hydrogen-bond donors (Lipinski definition) is 2. The Labute approximate surface area is 156 Å². The maximum Gasteiger partial charge on any atom is 0.329 e. The summed E-state index contributed by atoms with van der Waals surface area (Å²) in [6.45, 7) is 2.00. The predicted molar refractivity (Wildman–Crippen MR) is 107 cm³/mol. The maximum atomic E-state index is 12.4. The van der Waals surface area contributed by atoms with Gasteiger partial charge >= 0.3 is 5.69 Å². The summed E-state index contributed by atoms with van der Waals surface area (Å²) >= 11 is 0. The van der Waals surface area contributed by atoms with Gasteiger partial charge in [-0.25, -0.2) is 4.79 Å². The van der Waals surface area contributed by atoms with Crippen molar-refractivity contribution < 1.29 is 4.79 Å². The van der Waals surface area contributed by atoms with E-state index >= 15 is 0 Å². The van der Waals surface area contributed by atoms with Gasteiger partial charge < -0.3 is 5.32 Å². The molecular weight excluding hydrogens is 342 g/mol. The lowest BCUT2D eigenvalue weighted by atomic mass is 10.1. The Morgan fingerprint density at radius 1 is 1.04 bits per heavy atom. The third-order valence-electron chi connectivity index (χ3n) is 4.51. The zero-order chi connectivity index (χ0) is 19.2. The van der Waals surface area contributed by atoms with Crippen LogP contribution in [0.5, 0.6) is 0 Å². The molecule has 2 N–H and O–H groups in total. The Hall–Kier alpha value is -3.15. The first-order chi connectivity index (χ1) is 13.1. The van der Waals surface area contributed by atoms with Gasteiger partial charge in [0.05, 0.1) is 10.9 Å². The zero-order valence-electron chi connectivity index (χ0n) is 15.3. The van der Waals surface area contributed by atoms with E-state index in [-0.39, 0.29) is 12.5 Å². The number of nitrogens with one attached hydrogen (secondary N) is 2. The van der Waals surface area contributed by atoms with Gasteiger partial charge in [-0.2, -0.15) is 0 Å². The number of amides is 1. The van der Waals surface area contributed by atoms with Gasteiger partial charge in [0, 0.05) is 5.69 Å². The van der Waals surface area contributed by atoms with Crippen LogP contribution in [0.25, 0.3) is 10.9 Å². The molecule has 0 aliphatic rings. The second kappa shape index (κ2) is 8.49. The summed E-state index contributed by atoms with van der Waals surface area (Å²) in [7, 11) is 0. The van der Waals surface area contributed by atoms with Crippen molar-refractivity contribution >= 4 is 22.5 Å². The molecule has 0 bridgehead atoms. The van der Waals surface area contributed by atoms with E-state index < -0.39 is 11.2 Å². The highest BCUT2D eigenvalue weighted by molar-refractivity contribution is 5.91. The third-order valence-corrected chi connectivity index (χ3v) is 4.51. The lowest BCUT2D eigenvalue weighted by Crippen LogP contribution is -2.33. The van der Waals surface area contributed by atoms with Crippen molar-refractivity contribution in [3.8, 4) is 0 Å². The van der Waals surface area contributed by atoms with E-state index in [9.17, 15) is 14.4 Å². The maximum absolute atomic E-state index is 12.4. The Morgan fingerprint density at radius 2 is 1.78 bits per heavy atom. The molecule has 0 atom stereocenters. The zero-order valence-corrected chi connectivity index (χ0v) is 15.3. The summed E-state index contributed by atoms with van der Waals surface area (Å²) in [6, 6.07) is 14.5. The van der Waals surface area contributed by atoms with Gasteiger partial charge in [-0.15, -0.1) is 0 Å². The number of aromatic nitrogens is 2. The van der Waals surface area contributed by atoms with Crippen molar-refractivity contribution in [2.75, 3.05) is 5.32 Å². The smallest absolute Gasteiger partial charge is 0.325 e. The lowest BCUT2D eigenvalue weighted by molar-refractivity contribution is -0.116. The van der Waals surface area contributed by atoms with Crippen LogP contribution < -0.4 is 16.6 Å². The summed E-state index contributed by atoms with van der Waals surface area (Å²) < 4.78 is 1.27. The molecule has 3 rings (SSSR count). The number of para-hydroxylation sites is 1. The first-order valence-corrected chi connectivity index (χ1v) is 9.19. The summed E-state index contributed by atoms with van der Waals surface area (Å²) in [5.41, 5.74) is 1.31. The van der Waals surface area contributed by atoms with E-state index in [1.807, 2.05) is 24.3 Å². The van der Waals surface area contributed by atoms with Crippen LogP contribution in [0.2, 0.25) is 0 Å². The average molecular weight is 365 g/mol. The summed E-state index contributed by atoms with van der Waals surface area (Å²) in [5, 5.41) is 3.18. The van der Waals surface area contributed by atoms with E-state index in [4.69, 9.17) is 0 Å². The molecule has 2 aromatic carbocycles. The molecule has 0 spiro atoms. The van der Waals surface area contributed by atoms with Crippen LogP contribution in [0, 0.1) is 0 Å². The number of aryl methyl sites for hydroxylation is 1. The second-order valence-electron chi connectivity index (χ2n) is 6.56. The number of aromatic amines is 1. The van der Waals surface area contributed by atoms with Crippen LogP contribution in [-0.2, 0) is 17.8 Å². The molecule has 3 aromatic rings. The molecule has 140 valence electrons. The number of nitrogens with zero attached hydrogens (tertiary/aromatic N) is 1. The highest BCUT2D eigenvalue weighted by Crippen LogP contribution is 2.13. The van der Waals surface area contributed by atoms with E-state index in [1.54, 1.807) is 24.3 Å². The normalized spacial score (nSPS) is 10.9. The Bertz CT molecular complexity index is 1050. The number of rotatable bonds is 7. The summed E-state index contributed by atoms with van der Waals surface area (Å²) in [5.74, 6) is -0.326. The highest BCUT2D eigenvalue weighted by Gasteiger charge is 2.11. The Balaban J connectivity index is 1.72. The van der Waals surface area contributed by atoms with Crippen LogP contribution >= 0.6 is 0 Å². The number of fused-ring (bicyclic) bond motifs is 1. The van der Waals surface area contributed by atoms with Crippen molar-refractivity contribution in [3.63, 3.8) is 0 Å². The third kappa shape index (κ3) is 4.53. The topological polar surface area (TPSA) is 84.0 Å². The molecule has 27 heavy (non-hydrogen) atoms. The number of carbonyl (C=O) groups excluding carboxylic acids is 1. The molecule has 0 unspecified atom stereocenters. The van der Waals surface area contributed by atoms with Crippen molar-refractivity contribution in [2.24, 2.45) is 0 Å². The first kappa shape index (κ1) is 18.6. The minimum atomic E-state index is -0.597. The van der Waals surface area contributed by atoms with E-state index in [0.29, 0.717) is 16.6 Å². The number of anilines is 1. The summed E-state index contributed by atoms with van der Waals surface area (Å²) in [4.78, 5) is 38.7. The van der Waals surface area contributed by atoms with Gasteiger partial charge in [0.25, 0.3) is 5.56 Å². The van der Waals surface area contributed by atoms with Gasteiger partial charge in [0.15, 0.2) is 0 Å². The number of H-pyrrole nitrogens is 1. The number of hydrogen-bond acceptors (Lipinski definition) is 3. The number of carbonyl (C=O) groups is 1. The van der Waals surface area contributed by atoms with Gasteiger partial charge in [0.1, 0.15) is 6.54 Å². The summed E-state index contributed by atoms with van der Waals surface area (Å²) in [6.07, 6.45) is 4.58. The monoisotopic (exact) mass is 365 g/mol. The minimum Gasteiger partial charge on any atom is -0.325 e. The first-order valence-electron chi connectivity index (χ1n) is 9.19. The number of unbranched alkanes of at least 4 members (excludes halogenated alkanes) is 2. The molecule has 1 aromatic heterocycles. The van der Waals surface area contributed by atoms with Gasteiger partial charge in [-0.1, -0.05) is 44.0 Å². The van der Waals surface area contributed by atoms with Gasteiger partial charge in [0.2, 0.25) is 5.91 Å². The van der Waals surface area contributed by atoms with Gasteiger partial charge in [-0.3, -0.25) is 19.1 Å². The van der Waals surface area contributed by atoms with Crippen LogP contribution in [-0.4, -0.2) is 15.5 Å². The van der Waals surface area contributed by atoms with Crippen LogP contribution in [0.1, 0.15) is 31.7 Å². The molecule has 1 amide bonds. The van der Waals surface area contributed by atoms with Crippen molar-refractivity contribution in [2.45, 2.75) is 39.2 Å². The van der Waals surface area contributed by atoms with E-state index in [1.165, 1.54) is 23.0 Å². The average Bonchev–Trinajstić information content (AvgIpc) is 2.67. The SMILES string of the molecule is CCCCCc1ccc(NC(=O)Cn2c(=O)[nH]c(=O)c3ccccc32)cc1. The molecule has 0 radical (unpaired) electrons. The standard InChI is InChI=1S/C21H23N3O3/c1-2-3-4-7-15-10-12-16(13-11-15)22-19(25)14-24-18-9-6-5-8-17(18)20(26)23-21(24)27/h5-6,8-13H,2-4,7,14H2,1H3,(H,22,25)(H,23,26,27). The molecule has 0 saturated carbocycles. The molecule has 6 nitrogen and oxygen atoms in total. The largest absolute Gasteiger partial charge is 0.329 e. The molecule has 0 saturated heterocycles. The fraction of sp³-hybridized carbons (Fsp3) is 0.286. The van der Waals surface area contributed by atoms with Gasteiger partial charge in [-0.05, 0) is 42.7 Å². The quantitative estimate of drug-likeness (QED) is 0.631. The minimum absolute atomic E-state index is 0.172. The van der Waals surface area contributed by atoms with Crippen molar-refractivity contribution in [1.29, 1.82) is 0 Å². The highest BCUT2D eigenvalue weighted by atomic mass is 16.2. The van der Waals surface area contributed by atoms with Crippen molar-refractivity contribution in [1.82, 2.24) is 9.55 Å². The number of benzene rings is 2. The Morgan fingerprint density at radius 3 is 2.52 bits per heavy atom. The molecule has 1 heterocycles. The van der Waals surface area contributed by atoms with Crippen LogP contribution in [0.15, 0.2) is 58.1 Å². The molecule has 0 fully saturated rings. The lowest BCUT2D eigenvalue weighted by Gasteiger charge is -2.10. The molecule has 0 aliphatic heterocycles. The second-order valence-corrected chi connectivity index (χ2v) is 6.56. The van der Waals surface area contributed by atoms with Crippen LogP contribution in [0.4, 0.5) is 5.69 Å². The Kier molecular flexibility index (Phi) is 5.86. The van der Waals surface area contributed by atoms with E-state index in [0.717, 1.165) is 12.8 Å². The van der Waals surface area contributed by atoms with Crippen molar-refractivity contribution in [3.05, 3.63) is 74.9 Å². The predicted octanol–water partition coefficient (Wildman–Crippen LogP) is 3.06. The van der Waals surface area contributed by atoms with E-state index in [2.05, 4.69) is 17.2 Å². The molecule has 6 heteroatoms. The fourth-order valence-electron chi connectivity index (χ4n) is 3.08. The van der Waals surface area contributed by atoms with Crippen LogP contribution in [0.3, 0.4) is 0 Å². The molecular formula is C21H23N3O3. The fourth-order valence-corrected chi connectivity index (χ4v) is 3.08. The molecule has 0 aliphatic carbocycles.